The maximum atomic E-state index is 10.8. The third-order valence-corrected chi connectivity index (χ3v) is 2.23. The summed E-state index contributed by atoms with van der Waals surface area (Å²) >= 11 is 0. The Hall–Kier alpha value is -1.57. The zero-order chi connectivity index (χ0) is 11.7. The van der Waals surface area contributed by atoms with Gasteiger partial charge in [0.15, 0.2) is 0 Å². The number of carbonyl (C=O) groups excluding carboxylic acids is 1. The number of nitrogens with zero attached hydrogens (tertiary/aromatic N) is 2. The largest absolute Gasteiger partial charge is 1.00 e. The number of aryl methyl sites for hydroxylation is 1. The zero-order valence-corrected chi connectivity index (χ0v) is 9.85. The van der Waals surface area contributed by atoms with Gasteiger partial charge in [0.2, 0.25) is 0 Å². The molecule has 0 fully saturated rings. The average Bonchev–Trinajstić information content (AvgIpc) is 2.26. The van der Waals surface area contributed by atoms with Crippen LogP contribution in [0.25, 0.3) is 10.9 Å². The number of benzene rings is 1. The number of aromatic carboxylic acids is 1. The van der Waals surface area contributed by atoms with E-state index in [1.54, 1.807) is 13.0 Å². The summed E-state index contributed by atoms with van der Waals surface area (Å²) in [5.41, 5.74) is 1.32. The molecular weight excluding hydrogens is 215 g/mol. The van der Waals surface area contributed by atoms with Gasteiger partial charge in [-0.05, 0) is 25.1 Å². The molecule has 1 aromatic carbocycles. The molecule has 1 heterocycles. The van der Waals surface area contributed by atoms with Crippen LogP contribution in [0.5, 0.6) is 5.75 Å². The first-order valence-electron chi connectivity index (χ1n) is 4.65. The summed E-state index contributed by atoms with van der Waals surface area (Å²) < 4.78 is 5.06. The molecule has 0 saturated carbocycles. The predicted molar refractivity (Wildman–Crippen MR) is 55.2 cm³/mol. The van der Waals surface area contributed by atoms with Crippen molar-refractivity contribution in [1.29, 1.82) is 0 Å². The normalized spacial score (nSPS) is 9.76. The molecule has 6 heteroatoms. The van der Waals surface area contributed by atoms with Gasteiger partial charge in [0.05, 0.1) is 18.8 Å². The second-order valence-electron chi connectivity index (χ2n) is 3.39. The van der Waals surface area contributed by atoms with Gasteiger partial charge in [-0.25, -0.2) is 0 Å². The Morgan fingerprint density at radius 2 is 2.00 bits per heavy atom. The predicted octanol–water partition coefficient (Wildman–Crippen LogP) is -2.69. The molecule has 0 aliphatic rings. The second-order valence-corrected chi connectivity index (χ2v) is 3.39. The fraction of sp³-hybridized carbons (Fsp3) is 0.182. The average molecular weight is 224 g/mol. The number of fused-ring (bicyclic) bond motifs is 1. The number of aromatic nitrogens is 2. The van der Waals surface area contributed by atoms with Crippen molar-refractivity contribution in [3.8, 4) is 5.75 Å². The molecule has 0 spiro atoms. The first kappa shape index (κ1) is 13.5. The van der Waals surface area contributed by atoms with Gasteiger partial charge in [0, 0.05) is 10.9 Å². The van der Waals surface area contributed by atoms with Crippen molar-refractivity contribution < 1.29 is 33.5 Å². The van der Waals surface area contributed by atoms with Crippen LogP contribution in [0.3, 0.4) is 0 Å². The monoisotopic (exact) mass is 224 g/mol. The standard InChI is InChI=1S/C11H10N2O3.Li/c1-6-3-7-4-8(11(14)15)5-9(16-2)10(7)13-12-6;/h3-5H,1-2H3,(H,14,15);/q;+1/p-1. The molecule has 0 saturated heterocycles. The molecular formula is C11H9LiN2O3. The van der Waals surface area contributed by atoms with Crippen molar-refractivity contribution in [2.24, 2.45) is 0 Å². The summed E-state index contributed by atoms with van der Waals surface area (Å²) in [7, 11) is 1.45. The quantitative estimate of drug-likeness (QED) is 0.519. The van der Waals surface area contributed by atoms with Gasteiger partial charge in [0.25, 0.3) is 0 Å². The summed E-state index contributed by atoms with van der Waals surface area (Å²) in [5.74, 6) is -0.862. The van der Waals surface area contributed by atoms with Crippen LogP contribution < -0.4 is 28.7 Å². The Morgan fingerprint density at radius 3 is 2.59 bits per heavy atom. The maximum Gasteiger partial charge on any atom is 1.00 e. The van der Waals surface area contributed by atoms with Gasteiger partial charge in [-0.3, -0.25) is 0 Å². The van der Waals surface area contributed by atoms with Crippen molar-refractivity contribution >= 4 is 16.9 Å². The van der Waals surface area contributed by atoms with Crippen LogP contribution in [0.4, 0.5) is 0 Å². The number of rotatable bonds is 2. The topological polar surface area (TPSA) is 75.1 Å². The molecule has 17 heavy (non-hydrogen) atoms. The summed E-state index contributed by atoms with van der Waals surface area (Å²) in [4.78, 5) is 10.8. The second kappa shape index (κ2) is 5.17. The Kier molecular flexibility index (Phi) is 4.10. The third-order valence-electron chi connectivity index (χ3n) is 2.23. The summed E-state index contributed by atoms with van der Waals surface area (Å²) in [6, 6.07) is 4.62. The Bertz CT molecular complexity index is 572. The van der Waals surface area contributed by atoms with Crippen molar-refractivity contribution in [2.75, 3.05) is 7.11 Å². The van der Waals surface area contributed by atoms with Gasteiger partial charge < -0.3 is 14.6 Å². The Labute approximate surface area is 110 Å². The van der Waals surface area contributed by atoms with E-state index in [0.717, 1.165) is 0 Å². The minimum Gasteiger partial charge on any atom is -0.545 e. The Morgan fingerprint density at radius 1 is 1.29 bits per heavy atom. The van der Waals surface area contributed by atoms with Crippen molar-refractivity contribution in [3.05, 3.63) is 29.5 Å². The number of carboxylic acids is 1. The van der Waals surface area contributed by atoms with Gasteiger partial charge in [-0.15, -0.1) is 5.10 Å². The van der Waals surface area contributed by atoms with E-state index in [0.29, 0.717) is 22.3 Å². The molecule has 5 nitrogen and oxygen atoms in total. The summed E-state index contributed by atoms with van der Waals surface area (Å²) in [5, 5.41) is 19.3. The van der Waals surface area contributed by atoms with E-state index in [4.69, 9.17) is 4.74 Å². The Balaban J connectivity index is 0.00000144. The van der Waals surface area contributed by atoms with Gasteiger partial charge in [-0.2, -0.15) is 5.10 Å². The molecule has 0 bridgehead atoms. The van der Waals surface area contributed by atoms with E-state index in [2.05, 4.69) is 10.2 Å². The minimum atomic E-state index is -1.24. The van der Waals surface area contributed by atoms with Gasteiger partial charge in [-0.1, -0.05) is 0 Å². The fourth-order valence-electron chi connectivity index (χ4n) is 1.50. The van der Waals surface area contributed by atoms with Crippen LogP contribution in [0.2, 0.25) is 0 Å². The van der Waals surface area contributed by atoms with Gasteiger partial charge >= 0.3 is 18.9 Å². The molecule has 0 atom stereocenters. The first-order chi connectivity index (χ1) is 7.61. The molecule has 0 amide bonds. The fourth-order valence-corrected chi connectivity index (χ4v) is 1.50. The number of methoxy groups -OCH3 is 1. The van der Waals surface area contributed by atoms with E-state index < -0.39 is 5.97 Å². The van der Waals surface area contributed by atoms with Crippen LogP contribution in [0.15, 0.2) is 18.2 Å². The molecule has 0 aliphatic carbocycles. The van der Waals surface area contributed by atoms with Crippen molar-refractivity contribution in [2.45, 2.75) is 6.92 Å². The molecule has 2 aromatic rings. The molecule has 82 valence electrons. The van der Waals surface area contributed by atoms with Crippen LogP contribution in [0, 0.1) is 6.92 Å². The first-order valence-corrected chi connectivity index (χ1v) is 4.65. The number of carbonyl (C=O) groups is 1. The number of hydrogen-bond acceptors (Lipinski definition) is 5. The van der Waals surface area contributed by atoms with Crippen LogP contribution in [0.1, 0.15) is 16.1 Å². The molecule has 0 unspecified atom stereocenters. The minimum absolute atomic E-state index is 0. The molecule has 0 radical (unpaired) electrons. The van der Waals surface area contributed by atoms with Crippen LogP contribution in [-0.4, -0.2) is 23.3 Å². The SMILES string of the molecule is COc1cc(C(=O)[O-])cc2cc(C)nnc12.[Li+]. The molecule has 1 aromatic heterocycles. The van der Waals surface area contributed by atoms with E-state index in [9.17, 15) is 9.90 Å². The number of carboxylic acid groups (broad SMARTS) is 1. The van der Waals surface area contributed by atoms with Crippen LogP contribution >= 0.6 is 0 Å². The van der Waals surface area contributed by atoms with E-state index >= 15 is 0 Å². The maximum absolute atomic E-state index is 10.8. The molecule has 2 rings (SSSR count). The molecule has 0 aliphatic heterocycles. The van der Waals surface area contributed by atoms with Gasteiger partial charge in [0.1, 0.15) is 11.3 Å². The van der Waals surface area contributed by atoms with Crippen LogP contribution in [-0.2, 0) is 0 Å². The summed E-state index contributed by atoms with van der Waals surface area (Å²) in [6.07, 6.45) is 0. The van der Waals surface area contributed by atoms with E-state index in [1.807, 2.05) is 0 Å². The van der Waals surface area contributed by atoms with Crippen molar-refractivity contribution in [3.63, 3.8) is 0 Å². The zero-order valence-electron chi connectivity index (χ0n) is 9.85. The molecule has 0 N–H and O–H groups in total. The summed E-state index contributed by atoms with van der Waals surface area (Å²) in [6.45, 7) is 1.78. The smallest absolute Gasteiger partial charge is 0.545 e. The van der Waals surface area contributed by atoms with Crippen molar-refractivity contribution in [1.82, 2.24) is 10.2 Å². The van der Waals surface area contributed by atoms with E-state index in [-0.39, 0.29) is 24.4 Å². The number of hydrogen-bond donors (Lipinski definition) is 0. The van der Waals surface area contributed by atoms with E-state index in [1.165, 1.54) is 19.2 Å². The third kappa shape index (κ3) is 2.57. The number of ether oxygens (including phenoxy) is 1.